The van der Waals surface area contributed by atoms with Crippen LogP contribution in [0.2, 0.25) is 0 Å². The van der Waals surface area contributed by atoms with Crippen LogP contribution in [0.1, 0.15) is 83.7 Å². The quantitative estimate of drug-likeness (QED) is 0.174. The summed E-state index contributed by atoms with van der Waals surface area (Å²) in [5, 5.41) is 23.3. The Morgan fingerprint density at radius 3 is 2.48 bits per heavy atom. The molecule has 0 aliphatic carbocycles. The minimum atomic E-state index is -0.601. The molecule has 5 aromatic rings. The first-order valence-corrected chi connectivity index (χ1v) is 22.3. The number of nitrogens with one attached hydrogen (secondary N) is 2. The summed E-state index contributed by atoms with van der Waals surface area (Å²) in [4.78, 5) is 68.7. The predicted octanol–water partition coefficient (Wildman–Crippen LogP) is 4.82. The first-order chi connectivity index (χ1) is 29.3. The highest BCUT2D eigenvalue weighted by molar-refractivity contribution is 7.17. The van der Waals surface area contributed by atoms with Gasteiger partial charge in [0.2, 0.25) is 11.8 Å². The van der Waals surface area contributed by atoms with Crippen molar-refractivity contribution in [2.75, 3.05) is 67.5 Å². The van der Waals surface area contributed by atoms with E-state index in [1.54, 1.807) is 11.1 Å². The summed E-state index contributed by atoms with van der Waals surface area (Å²) in [5.41, 5.74) is 6.46. The van der Waals surface area contributed by atoms with Crippen LogP contribution >= 0.6 is 11.3 Å². The number of aliphatic hydroxyl groups is 1. The van der Waals surface area contributed by atoms with Crippen molar-refractivity contribution in [2.45, 2.75) is 70.0 Å². The summed E-state index contributed by atoms with van der Waals surface area (Å²) in [6.07, 6.45) is 12.0. The third kappa shape index (κ3) is 7.49. The number of fused-ring (bicyclic) bond motifs is 3. The van der Waals surface area contributed by atoms with Crippen LogP contribution in [0.3, 0.4) is 0 Å². The number of nitrogens with zero attached hydrogens (tertiary/aromatic N) is 8. The third-order valence-corrected chi connectivity index (χ3v) is 14.4. The van der Waals surface area contributed by atoms with Gasteiger partial charge in [-0.25, -0.2) is 9.97 Å². The van der Waals surface area contributed by atoms with Gasteiger partial charge >= 0.3 is 0 Å². The number of piperidine rings is 4. The van der Waals surface area contributed by atoms with Gasteiger partial charge in [-0.3, -0.25) is 29.2 Å². The Morgan fingerprint density at radius 1 is 0.917 bits per heavy atom. The van der Waals surface area contributed by atoms with Gasteiger partial charge in [0.05, 0.1) is 38.7 Å². The van der Waals surface area contributed by atoms with Crippen molar-refractivity contribution < 1.29 is 24.3 Å². The lowest BCUT2D eigenvalue weighted by atomic mass is 9.94. The molecule has 3 N–H and O–H groups in total. The van der Waals surface area contributed by atoms with E-state index in [2.05, 4.69) is 64.4 Å². The molecule has 4 fully saturated rings. The van der Waals surface area contributed by atoms with Crippen molar-refractivity contribution in [2.24, 2.45) is 11.8 Å². The lowest BCUT2D eigenvalue weighted by Gasteiger charge is -2.38. The topological polar surface area (TPSA) is 169 Å². The molecule has 1 unspecified atom stereocenters. The van der Waals surface area contributed by atoms with Crippen LogP contribution in [0.4, 0.5) is 17.1 Å². The molecule has 0 bridgehead atoms. The Hall–Kier alpha value is -5.45. The molecule has 312 valence electrons. The molecule has 10 rings (SSSR count). The van der Waals surface area contributed by atoms with Crippen molar-refractivity contribution in [1.82, 2.24) is 34.9 Å². The highest BCUT2D eigenvalue weighted by Gasteiger charge is 2.39. The van der Waals surface area contributed by atoms with Gasteiger partial charge in [0.25, 0.3) is 11.8 Å². The Morgan fingerprint density at radius 2 is 1.70 bits per heavy atom. The van der Waals surface area contributed by atoms with Crippen LogP contribution in [-0.2, 0) is 16.1 Å². The monoisotopic (exact) mass is 830 g/mol. The number of imide groups is 1. The maximum atomic E-state index is 13.7. The number of likely N-dealkylation sites (tertiary alicyclic amines) is 1. The van der Waals surface area contributed by atoms with Crippen LogP contribution in [0.5, 0.6) is 0 Å². The number of amides is 4. The molecule has 3 aromatic heterocycles. The molecule has 8 heterocycles. The van der Waals surface area contributed by atoms with Gasteiger partial charge in [-0.05, 0) is 86.6 Å². The highest BCUT2D eigenvalue weighted by atomic mass is 32.1. The fourth-order valence-corrected chi connectivity index (χ4v) is 10.8. The van der Waals surface area contributed by atoms with Crippen molar-refractivity contribution in [3.8, 4) is 0 Å². The molecule has 0 spiro atoms. The van der Waals surface area contributed by atoms with Crippen LogP contribution < -0.4 is 20.4 Å². The van der Waals surface area contributed by atoms with Crippen LogP contribution in [0.15, 0.2) is 54.4 Å². The van der Waals surface area contributed by atoms with E-state index in [-0.39, 0.29) is 36.7 Å². The van der Waals surface area contributed by atoms with Crippen LogP contribution in [0.25, 0.3) is 21.1 Å². The number of aliphatic hydroxyl groups excluding tert-OH is 1. The minimum Gasteiger partial charge on any atom is -0.396 e. The molecule has 15 nitrogen and oxygen atoms in total. The molecule has 0 saturated carbocycles. The largest absolute Gasteiger partial charge is 0.396 e. The number of thiophene rings is 1. The SMILES string of the molecule is O=C1CCC(N2Cc3ccc(N4CCC(CN5CCC(n6cc7cc(NC(=O)c8csc9cncnc89)c(N8CCC(CO)CC8)cc7n6)CC5)CC4)cc3C2=O)C(=O)N1. The number of aromatic nitrogens is 4. The average Bonchev–Trinajstić information content (AvgIpc) is 3.99. The van der Waals surface area contributed by atoms with Crippen LogP contribution in [0, 0.1) is 11.8 Å². The molecule has 4 amide bonds. The molecule has 5 aliphatic heterocycles. The number of benzene rings is 2. The zero-order chi connectivity index (χ0) is 40.9. The first kappa shape index (κ1) is 38.7. The summed E-state index contributed by atoms with van der Waals surface area (Å²) in [6, 6.07) is 9.99. The number of anilines is 3. The lowest BCUT2D eigenvalue weighted by Crippen LogP contribution is -2.52. The molecule has 4 saturated heterocycles. The predicted molar refractivity (Wildman–Crippen MR) is 229 cm³/mol. The molecule has 0 radical (unpaired) electrons. The summed E-state index contributed by atoms with van der Waals surface area (Å²) in [5.74, 6) is -0.0809. The summed E-state index contributed by atoms with van der Waals surface area (Å²) >= 11 is 1.46. The van der Waals surface area contributed by atoms with E-state index in [9.17, 15) is 24.3 Å². The number of carbonyl (C=O) groups excluding carboxylic acids is 4. The standard InChI is InChI=1S/C44H50N10O5S/c55-24-28-7-15-52(16-8-28)38-19-35-30(17-36(38)47-42(57)34-25-60-39-20-45-26-46-41(34)39)23-54(49-35)31-9-11-50(12-10-31)21-27-5-13-51(14-6-27)32-2-1-29-22-53(44(59)33(29)18-32)37-3-4-40(56)48-43(37)58/h1-2,17-20,23,25-28,31,37,55H,3-16,21-22,24H2,(H,47,57)(H,48,56,58). The van der Waals surface area contributed by atoms with E-state index in [4.69, 9.17) is 5.10 Å². The number of carbonyl (C=O) groups is 4. The summed E-state index contributed by atoms with van der Waals surface area (Å²) in [7, 11) is 0. The number of rotatable bonds is 9. The number of hydrogen-bond donors (Lipinski definition) is 3. The second kappa shape index (κ2) is 16.2. The first-order valence-electron chi connectivity index (χ1n) is 21.4. The molecule has 60 heavy (non-hydrogen) atoms. The van der Waals surface area contributed by atoms with E-state index in [0.29, 0.717) is 47.5 Å². The summed E-state index contributed by atoms with van der Waals surface area (Å²) < 4.78 is 3.01. The molecule has 16 heteroatoms. The van der Waals surface area contributed by atoms with Gasteiger partial charge in [-0.1, -0.05) is 6.07 Å². The molecular formula is C44H50N10O5S. The average molecular weight is 831 g/mol. The van der Waals surface area contributed by atoms with E-state index >= 15 is 0 Å². The molecule has 1 atom stereocenters. The van der Waals surface area contributed by atoms with Gasteiger partial charge in [-0.2, -0.15) is 5.10 Å². The number of hydrogen-bond acceptors (Lipinski definition) is 12. The van der Waals surface area contributed by atoms with Gasteiger partial charge < -0.3 is 30.0 Å². The van der Waals surface area contributed by atoms with Gasteiger partial charge in [0.1, 0.15) is 12.4 Å². The lowest BCUT2D eigenvalue weighted by molar-refractivity contribution is -0.136. The van der Waals surface area contributed by atoms with E-state index in [1.165, 1.54) is 17.7 Å². The Kier molecular flexibility index (Phi) is 10.5. The fourth-order valence-electron chi connectivity index (χ4n) is 9.96. The van der Waals surface area contributed by atoms with Gasteiger partial charge in [0.15, 0.2) is 0 Å². The maximum Gasteiger partial charge on any atom is 0.258 e. The normalized spacial score (nSPS) is 21.3. The Bertz CT molecular complexity index is 2460. The second-order valence-electron chi connectivity index (χ2n) is 17.2. The zero-order valence-electron chi connectivity index (χ0n) is 33.6. The molecule has 2 aromatic carbocycles. The Labute approximate surface area is 351 Å². The van der Waals surface area contributed by atoms with Crippen molar-refractivity contribution in [3.05, 3.63) is 71.1 Å². The van der Waals surface area contributed by atoms with E-state index in [1.807, 2.05) is 17.5 Å². The van der Waals surface area contributed by atoms with E-state index in [0.717, 1.165) is 123 Å². The fraction of sp³-hybridized carbons (Fsp3) is 0.477. The smallest absolute Gasteiger partial charge is 0.258 e. The van der Waals surface area contributed by atoms with Crippen molar-refractivity contribution in [1.29, 1.82) is 0 Å². The van der Waals surface area contributed by atoms with Gasteiger partial charge in [-0.15, -0.1) is 11.3 Å². The third-order valence-electron chi connectivity index (χ3n) is 13.5. The second-order valence-corrected chi connectivity index (χ2v) is 18.1. The minimum absolute atomic E-state index is 0.129. The van der Waals surface area contributed by atoms with Crippen molar-refractivity contribution >= 4 is 73.1 Å². The Balaban J connectivity index is 0.760. The molecular weight excluding hydrogens is 781 g/mol. The highest BCUT2D eigenvalue weighted by Crippen LogP contribution is 2.37. The summed E-state index contributed by atoms with van der Waals surface area (Å²) in [6.45, 7) is 7.18. The maximum absolute atomic E-state index is 13.7. The van der Waals surface area contributed by atoms with Gasteiger partial charge in [0, 0.05) is 99.8 Å². The van der Waals surface area contributed by atoms with Crippen molar-refractivity contribution in [3.63, 3.8) is 0 Å². The molecule has 5 aliphatic rings. The van der Waals surface area contributed by atoms with E-state index < -0.39 is 6.04 Å². The zero-order valence-corrected chi connectivity index (χ0v) is 34.4. The van der Waals surface area contributed by atoms with Crippen LogP contribution in [-0.4, -0.2) is 117 Å².